The molecule has 2 aromatic carbocycles. The molecular formula is C21H16FN3S. The van der Waals surface area contributed by atoms with Crippen LogP contribution in [0, 0.1) is 5.82 Å². The summed E-state index contributed by atoms with van der Waals surface area (Å²) in [6, 6.07) is 14.7. The van der Waals surface area contributed by atoms with E-state index in [2.05, 4.69) is 34.7 Å². The second-order valence-electron chi connectivity index (χ2n) is 5.86. The van der Waals surface area contributed by atoms with Crippen molar-refractivity contribution in [1.29, 1.82) is 0 Å². The molecule has 0 saturated carbocycles. The highest BCUT2D eigenvalue weighted by atomic mass is 32.1. The van der Waals surface area contributed by atoms with Crippen LogP contribution in [0.4, 0.5) is 4.39 Å². The standard InChI is InChI=1S/C21H16FN3S/c22-18-4-1-15(2-5-18)21-19(25-12-11-24-14-25)6-3-17(13-26)20(21)16-7-9-23-10-8-16/h1-12,14,26H,13H2. The number of nitrogens with zero attached hydrogens (tertiary/aromatic N) is 3. The third kappa shape index (κ3) is 3.02. The molecule has 5 heteroatoms. The van der Waals surface area contributed by atoms with Gasteiger partial charge in [-0.15, -0.1) is 0 Å². The topological polar surface area (TPSA) is 30.7 Å². The molecule has 0 N–H and O–H groups in total. The highest BCUT2D eigenvalue weighted by Crippen LogP contribution is 2.39. The van der Waals surface area contributed by atoms with Crippen molar-refractivity contribution in [1.82, 2.24) is 14.5 Å². The molecule has 0 aliphatic rings. The fourth-order valence-electron chi connectivity index (χ4n) is 3.14. The number of rotatable bonds is 4. The third-order valence-corrected chi connectivity index (χ3v) is 4.67. The van der Waals surface area contributed by atoms with Crippen molar-refractivity contribution >= 4 is 12.6 Å². The second kappa shape index (κ2) is 7.14. The van der Waals surface area contributed by atoms with Crippen molar-refractivity contribution in [2.45, 2.75) is 5.75 Å². The molecular weight excluding hydrogens is 345 g/mol. The van der Waals surface area contributed by atoms with Gasteiger partial charge in [-0.2, -0.15) is 12.6 Å². The molecule has 4 aromatic rings. The van der Waals surface area contributed by atoms with E-state index in [0.29, 0.717) is 5.75 Å². The average molecular weight is 361 g/mol. The normalized spacial score (nSPS) is 10.8. The summed E-state index contributed by atoms with van der Waals surface area (Å²) in [5.41, 5.74) is 6.14. The summed E-state index contributed by atoms with van der Waals surface area (Å²) in [6.45, 7) is 0. The molecule has 0 bridgehead atoms. The van der Waals surface area contributed by atoms with Gasteiger partial charge in [0.25, 0.3) is 0 Å². The van der Waals surface area contributed by atoms with Crippen LogP contribution in [-0.4, -0.2) is 14.5 Å². The van der Waals surface area contributed by atoms with Crippen molar-refractivity contribution in [2.24, 2.45) is 0 Å². The Balaban J connectivity index is 2.08. The number of hydrogen-bond acceptors (Lipinski definition) is 3. The predicted octanol–water partition coefficient (Wildman–Crippen LogP) is 5.17. The minimum absolute atomic E-state index is 0.256. The first kappa shape index (κ1) is 16.5. The smallest absolute Gasteiger partial charge is 0.123 e. The van der Waals surface area contributed by atoms with Crippen molar-refractivity contribution in [3.8, 4) is 27.9 Å². The highest BCUT2D eigenvalue weighted by molar-refractivity contribution is 7.79. The van der Waals surface area contributed by atoms with Gasteiger partial charge in [0, 0.05) is 36.1 Å². The molecule has 0 spiro atoms. The predicted molar refractivity (Wildman–Crippen MR) is 105 cm³/mol. The van der Waals surface area contributed by atoms with Gasteiger partial charge >= 0.3 is 0 Å². The Hall–Kier alpha value is -2.92. The molecule has 0 unspecified atom stereocenters. The molecule has 0 radical (unpaired) electrons. The fourth-order valence-corrected chi connectivity index (χ4v) is 3.40. The van der Waals surface area contributed by atoms with Crippen LogP contribution in [0.15, 0.2) is 79.6 Å². The molecule has 2 aromatic heterocycles. The molecule has 0 atom stereocenters. The first-order valence-corrected chi connectivity index (χ1v) is 8.82. The van der Waals surface area contributed by atoms with Gasteiger partial charge < -0.3 is 4.57 Å². The molecule has 26 heavy (non-hydrogen) atoms. The minimum atomic E-state index is -0.256. The quantitative estimate of drug-likeness (QED) is 0.508. The minimum Gasteiger partial charge on any atom is -0.306 e. The van der Waals surface area contributed by atoms with Crippen molar-refractivity contribution in [2.75, 3.05) is 0 Å². The lowest BCUT2D eigenvalue weighted by Crippen LogP contribution is -2.00. The van der Waals surface area contributed by atoms with Gasteiger partial charge in [-0.1, -0.05) is 18.2 Å². The van der Waals surface area contributed by atoms with E-state index in [1.807, 2.05) is 22.9 Å². The molecule has 0 aliphatic carbocycles. The summed E-state index contributed by atoms with van der Waals surface area (Å²) >= 11 is 4.52. The van der Waals surface area contributed by atoms with E-state index in [0.717, 1.165) is 33.5 Å². The zero-order valence-electron chi connectivity index (χ0n) is 13.9. The monoisotopic (exact) mass is 361 g/mol. The van der Waals surface area contributed by atoms with Gasteiger partial charge in [-0.25, -0.2) is 9.37 Å². The van der Waals surface area contributed by atoms with E-state index in [4.69, 9.17) is 0 Å². The number of hydrogen-bond donors (Lipinski definition) is 1. The Morgan fingerprint density at radius 3 is 2.19 bits per heavy atom. The van der Waals surface area contributed by atoms with Crippen LogP contribution in [0.25, 0.3) is 27.9 Å². The molecule has 0 amide bonds. The van der Waals surface area contributed by atoms with Crippen LogP contribution >= 0.6 is 12.6 Å². The van der Waals surface area contributed by atoms with Gasteiger partial charge in [0.2, 0.25) is 0 Å². The van der Waals surface area contributed by atoms with E-state index >= 15 is 0 Å². The maximum atomic E-state index is 13.5. The van der Waals surface area contributed by atoms with E-state index in [-0.39, 0.29) is 5.82 Å². The zero-order valence-corrected chi connectivity index (χ0v) is 14.8. The molecule has 0 aliphatic heterocycles. The van der Waals surface area contributed by atoms with Crippen LogP contribution in [0.1, 0.15) is 5.56 Å². The van der Waals surface area contributed by atoms with Gasteiger partial charge in [0.05, 0.1) is 12.0 Å². The van der Waals surface area contributed by atoms with Gasteiger partial charge in [-0.05, 0) is 52.6 Å². The third-order valence-electron chi connectivity index (χ3n) is 4.32. The average Bonchev–Trinajstić information content (AvgIpc) is 3.23. The van der Waals surface area contributed by atoms with Crippen molar-refractivity contribution < 1.29 is 4.39 Å². The largest absolute Gasteiger partial charge is 0.306 e. The summed E-state index contributed by atoms with van der Waals surface area (Å²) in [7, 11) is 0. The lowest BCUT2D eigenvalue weighted by Gasteiger charge is -2.19. The maximum Gasteiger partial charge on any atom is 0.123 e. The summed E-state index contributed by atoms with van der Waals surface area (Å²) in [6.07, 6.45) is 8.96. The van der Waals surface area contributed by atoms with Gasteiger partial charge in [-0.3, -0.25) is 4.98 Å². The van der Waals surface area contributed by atoms with Crippen molar-refractivity contribution in [3.63, 3.8) is 0 Å². The van der Waals surface area contributed by atoms with Gasteiger partial charge in [0.1, 0.15) is 5.82 Å². The second-order valence-corrected chi connectivity index (χ2v) is 6.18. The molecule has 0 fully saturated rings. The lowest BCUT2D eigenvalue weighted by molar-refractivity contribution is 0.628. The highest BCUT2D eigenvalue weighted by Gasteiger charge is 2.17. The number of halogens is 1. The maximum absolute atomic E-state index is 13.5. The Bertz CT molecular complexity index is 1010. The van der Waals surface area contributed by atoms with Crippen LogP contribution < -0.4 is 0 Å². The van der Waals surface area contributed by atoms with Crippen molar-refractivity contribution in [3.05, 3.63) is 91.0 Å². The molecule has 4 rings (SSSR count). The zero-order chi connectivity index (χ0) is 17.9. The van der Waals surface area contributed by atoms with Gasteiger partial charge in [0.15, 0.2) is 0 Å². The Kier molecular flexibility index (Phi) is 4.54. The number of thiol groups is 1. The van der Waals surface area contributed by atoms with Crippen LogP contribution in [0.5, 0.6) is 0 Å². The summed E-state index contributed by atoms with van der Waals surface area (Å²) in [4.78, 5) is 8.30. The van der Waals surface area contributed by atoms with Crippen LogP contribution in [0.2, 0.25) is 0 Å². The van der Waals surface area contributed by atoms with Crippen LogP contribution in [-0.2, 0) is 5.75 Å². The Morgan fingerprint density at radius 2 is 1.54 bits per heavy atom. The van der Waals surface area contributed by atoms with E-state index in [9.17, 15) is 4.39 Å². The lowest BCUT2D eigenvalue weighted by atomic mass is 9.90. The van der Waals surface area contributed by atoms with E-state index < -0.39 is 0 Å². The Labute approximate surface area is 156 Å². The summed E-state index contributed by atoms with van der Waals surface area (Å²) in [5.74, 6) is 0.338. The first-order valence-electron chi connectivity index (χ1n) is 8.19. The molecule has 3 nitrogen and oxygen atoms in total. The SMILES string of the molecule is Fc1ccc(-c2c(-n3ccnc3)ccc(CS)c2-c2ccncc2)cc1. The molecule has 128 valence electrons. The fraction of sp³-hybridized carbons (Fsp3) is 0.0476. The summed E-state index contributed by atoms with van der Waals surface area (Å²) in [5, 5.41) is 0. The van der Waals surface area contributed by atoms with E-state index in [1.54, 1.807) is 37.1 Å². The number of aromatic nitrogens is 3. The molecule has 0 saturated heterocycles. The summed E-state index contributed by atoms with van der Waals surface area (Å²) < 4.78 is 15.5. The molecule has 2 heterocycles. The Morgan fingerprint density at radius 1 is 0.808 bits per heavy atom. The number of benzene rings is 2. The van der Waals surface area contributed by atoms with Crippen LogP contribution in [0.3, 0.4) is 0 Å². The number of imidazole rings is 1. The van der Waals surface area contributed by atoms with E-state index in [1.165, 1.54) is 12.1 Å². The first-order chi connectivity index (χ1) is 12.8. The number of pyridine rings is 1.